The van der Waals surface area contributed by atoms with E-state index < -0.39 is 10.0 Å². The van der Waals surface area contributed by atoms with Crippen molar-refractivity contribution in [1.82, 2.24) is 24.6 Å². The van der Waals surface area contributed by atoms with E-state index >= 15 is 0 Å². The van der Waals surface area contributed by atoms with Crippen LogP contribution < -0.4 is 9.46 Å². The molecular formula is C17H16N6O3S. The van der Waals surface area contributed by atoms with Crippen LogP contribution in [0.4, 0.5) is 5.69 Å². The number of sulfonamides is 1. The number of hydrogen-bond acceptors (Lipinski definition) is 7. The fraction of sp³-hybridized carbons (Fsp3) is 0.176. The first kappa shape index (κ1) is 17.2. The molecule has 3 aromatic heterocycles. The van der Waals surface area contributed by atoms with Gasteiger partial charge in [-0.1, -0.05) is 6.07 Å². The van der Waals surface area contributed by atoms with Crippen molar-refractivity contribution >= 4 is 32.4 Å². The minimum absolute atomic E-state index is 0.198. The highest BCUT2D eigenvalue weighted by atomic mass is 32.2. The van der Waals surface area contributed by atoms with Crippen LogP contribution >= 0.6 is 0 Å². The fourth-order valence-electron chi connectivity index (χ4n) is 2.92. The van der Waals surface area contributed by atoms with Crippen LogP contribution in [0.3, 0.4) is 0 Å². The van der Waals surface area contributed by atoms with Crippen LogP contribution in [0, 0.1) is 6.92 Å². The summed E-state index contributed by atoms with van der Waals surface area (Å²) in [6.45, 7) is 1.87. The summed E-state index contributed by atoms with van der Waals surface area (Å²) in [5.41, 5.74) is 4.15. The molecule has 0 bridgehead atoms. The summed E-state index contributed by atoms with van der Waals surface area (Å²) in [4.78, 5) is 8.61. The zero-order valence-electron chi connectivity index (χ0n) is 14.8. The van der Waals surface area contributed by atoms with Gasteiger partial charge >= 0.3 is 0 Å². The second kappa shape index (κ2) is 6.16. The molecule has 0 unspecified atom stereocenters. The van der Waals surface area contributed by atoms with Crippen molar-refractivity contribution in [1.29, 1.82) is 0 Å². The van der Waals surface area contributed by atoms with Gasteiger partial charge in [0, 0.05) is 11.8 Å². The lowest BCUT2D eigenvalue weighted by molar-refractivity contribution is 0.400. The highest BCUT2D eigenvalue weighted by Crippen LogP contribution is 2.30. The Morgan fingerprint density at radius 2 is 1.89 bits per heavy atom. The number of rotatable bonds is 4. The normalized spacial score (nSPS) is 11.8. The third-order valence-electron chi connectivity index (χ3n) is 4.06. The van der Waals surface area contributed by atoms with E-state index in [1.54, 1.807) is 18.5 Å². The van der Waals surface area contributed by atoms with Crippen LogP contribution in [0.2, 0.25) is 0 Å². The van der Waals surface area contributed by atoms with Gasteiger partial charge in [-0.25, -0.2) is 13.4 Å². The van der Waals surface area contributed by atoms with E-state index in [1.807, 2.05) is 29.5 Å². The molecule has 1 aromatic carbocycles. The lowest BCUT2D eigenvalue weighted by Crippen LogP contribution is -2.11. The Morgan fingerprint density at radius 1 is 1.07 bits per heavy atom. The number of pyridine rings is 1. The molecule has 0 radical (unpaired) electrons. The first-order valence-corrected chi connectivity index (χ1v) is 9.87. The molecule has 0 saturated heterocycles. The van der Waals surface area contributed by atoms with E-state index in [1.165, 1.54) is 7.11 Å². The molecular weight excluding hydrogens is 368 g/mol. The average Bonchev–Trinajstić information content (AvgIpc) is 3.01. The Hall–Kier alpha value is -3.27. The Bertz CT molecular complexity index is 1280. The minimum Gasteiger partial charge on any atom is -0.480 e. The van der Waals surface area contributed by atoms with Crippen molar-refractivity contribution in [3.05, 3.63) is 42.5 Å². The van der Waals surface area contributed by atoms with Crippen molar-refractivity contribution in [3.63, 3.8) is 0 Å². The predicted molar refractivity (Wildman–Crippen MR) is 101 cm³/mol. The number of aromatic nitrogens is 5. The van der Waals surface area contributed by atoms with Crippen LogP contribution in [0.1, 0.15) is 5.82 Å². The molecule has 10 heteroatoms. The Morgan fingerprint density at radius 3 is 2.63 bits per heavy atom. The first-order valence-electron chi connectivity index (χ1n) is 7.98. The van der Waals surface area contributed by atoms with Crippen LogP contribution in [0.25, 0.3) is 27.8 Å². The summed E-state index contributed by atoms with van der Waals surface area (Å²) in [5, 5.41) is 8.19. The van der Waals surface area contributed by atoms with Crippen LogP contribution in [-0.2, 0) is 10.0 Å². The molecule has 0 aliphatic rings. The maximum absolute atomic E-state index is 11.6. The van der Waals surface area contributed by atoms with E-state index in [2.05, 4.69) is 24.9 Å². The first-order chi connectivity index (χ1) is 12.9. The molecule has 1 N–H and O–H groups in total. The fourth-order valence-corrected chi connectivity index (χ4v) is 3.47. The summed E-state index contributed by atoms with van der Waals surface area (Å²) in [6, 6.07) is 7.41. The van der Waals surface area contributed by atoms with E-state index in [4.69, 9.17) is 4.74 Å². The number of ether oxygens (including phenoxy) is 1. The average molecular weight is 384 g/mol. The van der Waals surface area contributed by atoms with E-state index in [-0.39, 0.29) is 11.6 Å². The van der Waals surface area contributed by atoms with Crippen molar-refractivity contribution in [2.45, 2.75) is 6.92 Å². The maximum Gasteiger partial charge on any atom is 0.238 e. The van der Waals surface area contributed by atoms with Crippen molar-refractivity contribution < 1.29 is 13.2 Å². The molecule has 0 aliphatic carbocycles. The van der Waals surface area contributed by atoms with Gasteiger partial charge in [0.2, 0.25) is 15.9 Å². The zero-order valence-corrected chi connectivity index (χ0v) is 15.6. The highest BCUT2D eigenvalue weighted by molar-refractivity contribution is 7.92. The Labute approximate surface area is 155 Å². The Kier molecular flexibility index (Phi) is 3.92. The molecule has 0 aliphatic heterocycles. The van der Waals surface area contributed by atoms with E-state index in [9.17, 15) is 8.42 Å². The summed E-state index contributed by atoms with van der Waals surface area (Å²) in [7, 11) is -2.04. The van der Waals surface area contributed by atoms with Gasteiger partial charge in [0.05, 0.1) is 30.6 Å². The third-order valence-corrected chi connectivity index (χ3v) is 4.65. The van der Waals surface area contributed by atoms with Crippen molar-refractivity contribution in [2.75, 3.05) is 18.1 Å². The van der Waals surface area contributed by atoms with Crippen molar-refractivity contribution in [3.8, 4) is 17.0 Å². The van der Waals surface area contributed by atoms with Gasteiger partial charge in [0.1, 0.15) is 11.5 Å². The molecule has 4 rings (SSSR count). The quantitative estimate of drug-likeness (QED) is 0.573. The number of aryl methyl sites for hydroxylation is 1. The van der Waals surface area contributed by atoms with Crippen LogP contribution in [0.5, 0.6) is 5.88 Å². The molecule has 27 heavy (non-hydrogen) atoms. The number of methoxy groups -OCH3 is 1. The van der Waals surface area contributed by atoms with Gasteiger partial charge in [-0.15, -0.1) is 10.2 Å². The van der Waals surface area contributed by atoms with Gasteiger partial charge in [-0.05, 0) is 30.7 Å². The molecule has 9 nitrogen and oxygen atoms in total. The third kappa shape index (κ3) is 3.14. The Balaban J connectivity index is 1.90. The van der Waals surface area contributed by atoms with Gasteiger partial charge in [0.25, 0.3) is 0 Å². The highest BCUT2D eigenvalue weighted by Gasteiger charge is 2.13. The lowest BCUT2D eigenvalue weighted by atomic mass is 10.1. The number of anilines is 1. The molecule has 0 atom stereocenters. The monoisotopic (exact) mass is 384 g/mol. The molecule has 0 saturated carbocycles. The van der Waals surface area contributed by atoms with Gasteiger partial charge in [-0.2, -0.15) is 0 Å². The lowest BCUT2D eigenvalue weighted by Gasteiger charge is -2.11. The number of benzene rings is 1. The summed E-state index contributed by atoms with van der Waals surface area (Å²) in [5.74, 6) is 0.950. The van der Waals surface area contributed by atoms with E-state index in [0.29, 0.717) is 5.65 Å². The predicted octanol–water partition coefficient (Wildman–Crippen LogP) is 2.03. The molecule has 138 valence electrons. The van der Waals surface area contributed by atoms with Gasteiger partial charge in [-0.3, -0.25) is 14.1 Å². The van der Waals surface area contributed by atoms with E-state index in [0.717, 1.165) is 34.2 Å². The molecule has 4 aromatic rings. The van der Waals surface area contributed by atoms with Crippen LogP contribution in [-0.4, -0.2) is 46.3 Å². The zero-order chi connectivity index (χ0) is 19.2. The molecule has 3 heterocycles. The summed E-state index contributed by atoms with van der Waals surface area (Å²) < 4.78 is 32.7. The topological polar surface area (TPSA) is 111 Å². The minimum atomic E-state index is -3.47. The smallest absolute Gasteiger partial charge is 0.238 e. The largest absolute Gasteiger partial charge is 0.480 e. The number of nitrogens with zero attached hydrogens (tertiary/aromatic N) is 5. The standard InChI is InChI=1S/C17H16N6O3S/c1-10-20-21-16-9-18-13-5-4-11(7-15(13)23(10)16)12-6-14(22-27(3,24)25)17(26-2)19-8-12/h4-9,22H,1-3H3. The second-order valence-electron chi connectivity index (χ2n) is 6.06. The summed E-state index contributed by atoms with van der Waals surface area (Å²) in [6.07, 6.45) is 4.37. The molecule has 0 amide bonds. The van der Waals surface area contributed by atoms with Gasteiger partial charge in [0.15, 0.2) is 5.65 Å². The van der Waals surface area contributed by atoms with Crippen molar-refractivity contribution in [2.24, 2.45) is 0 Å². The number of fused-ring (bicyclic) bond motifs is 3. The summed E-state index contributed by atoms with van der Waals surface area (Å²) >= 11 is 0. The second-order valence-corrected chi connectivity index (χ2v) is 7.81. The number of nitrogens with one attached hydrogen (secondary N) is 1. The molecule has 0 spiro atoms. The SMILES string of the molecule is COc1ncc(-c2ccc3ncc4nnc(C)n4c3c2)cc1NS(C)(=O)=O. The molecule has 0 fully saturated rings. The van der Waals surface area contributed by atoms with Gasteiger partial charge < -0.3 is 4.74 Å². The van der Waals surface area contributed by atoms with Crippen LogP contribution in [0.15, 0.2) is 36.7 Å². The number of hydrogen-bond donors (Lipinski definition) is 1. The maximum atomic E-state index is 11.6.